The van der Waals surface area contributed by atoms with Crippen LogP contribution in [0.5, 0.6) is 0 Å². The summed E-state index contributed by atoms with van der Waals surface area (Å²) in [5.74, 6) is -0.459. The Morgan fingerprint density at radius 3 is 1.17 bits per heavy atom. The number of aliphatic hydroxyl groups is 2. The average Bonchev–Trinajstić information content (AvgIpc) is 3.13. The maximum absolute atomic E-state index is 13.1. The largest absolute Gasteiger partial charge is 0.462 e. The van der Waals surface area contributed by atoms with Gasteiger partial charge in [-0.05, 0) is 25.7 Å². The lowest BCUT2D eigenvalue weighted by atomic mass is 10.0. The van der Waals surface area contributed by atoms with Gasteiger partial charge in [0.1, 0.15) is 6.10 Å². The van der Waals surface area contributed by atoms with Crippen LogP contribution in [-0.2, 0) is 14.3 Å². The molecule has 6 heteroatoms. The molecule has 0 saturated heterocycles. The van der Waals surface area contributed by atoms with Crippen LogP contribution < -0.4 is 5.32 Å². The molecule has 0 saturated carbocycles. The van der Waals surface area contributed by atoms with Crippen LogP contribution >= 0.6 is 0 Å². The Hall–Kier alpha value is -1.14. The summed E-state index contributed by atoms with van der Waals surface area (Å²) in [7, 11) is 0. The summed E-state index contributed by atoms with van der Waals surface area (Å²) in [6.45, 7) is 6.47. The molecule has 0 aromatic carbocycles. The molecule has 1 amide bonds. The van der Waals surface area contributed by atoms with Gasteiger partial charge in [0, 0.05) is 6.42 Å². The molecule has 310 valence electrons. The summed E-state index contributed by atoms with van der Waals surface area (Å²) < 4.78 is 5.90. The summed E-state index contributed by atoms with van der Waals surface area (Å²) >= 11 is 0. The number of ether oxygens (including phenoxy) is 1. The SMILES string of the molecule is CCCCCCCCCCCCCCCC(=O)OC(CCCCCCCCCCCC)CC(=O)NC(CO)C(O)CCCCCCCCCCCC. The topological polar surface area (TPSA) is 95.9 Å². The van der Waals surface area contributed by atoms with Crippen LogP contribution in [0, 0.1) is 0 Å². The Morgan fingerprint density at radius 2 is 0.808 bits per heavy atom. The lowest BCUT2D eigenvalue weighted by Crippen LogP contribution is -2.46. The molecule has 3 N–H and O–H groups in total. The minimum absolute atomic E-state index is 0.0866. The summed E-state index contributed by atoms with van der Waals surface area (Å²) in [5.41, 5.74) is 0. The minimum atomic E-state index is -0.776. The van der Waals surface area contributed by atoms with Gasteiger partial charge in [-0.1, -0.05) is 220 Å². The van der Waals surface area contributed by atoms with Crippen LogP contribution in [0.3, 0.4) is 0 Å². The second-order valence-electron chi connectivity index (χ2n) is 16.2. The third-order valence-electron chi connectivity index (χ3n) is 10.9. The number of aliphatic hydroxyl groups excluding tert-OH is 2. The number of unbranched alkanes of at least 4 members (excludes halogenated alkanes) is 30. The molecule has 0 fully saturated rings. The number of carbonyl (C=O) groups is 2. The van der Waals surface area contributed by atoms with E-state index in [4.69, 9.17) is 4.74 Å². The van der Waals surface area contributed by atoms with Crippen molar-refractivity contribution in [2.75, 3.05) is 6.61 Å². The molecule has 3 atom stereocenters. The molecule has 0 aliphatic heterocycles. The maximum Gasteiger partial charge on any atom is 0.306 e. The van der Waals surface area contributed by atoms with E-state index < -0.39 is 18.2 Å². The molecule has 0 aliphatic rings. The van der Waals surface area contributed by atoms with E-state index >= 15 is 0 Å². The summed E-state index contributed by atoms with van der Waals surface area (Å²) in [6, 6.07) is -0.689. The highest BCUT2D eigenvalue weighted by Gasteiger charge is 2.24. The van der Waals surface area contributed by atoms with E-state index in [9.17, 15) is 19.8 Å². The standard InChI is InChI=1S/C46H91NO5/c1-4-7-10-13-16-19-22-23-24-27-30-33-36-39-46(51)52-42(37-34-31-28-25-20-17-14-11-8-5-2)40-45(50)47-43(41-48)44(49)38-35-32-29-26-21-18-15-12-9-6-3/h42-44,48-49H,4-41H2,1-3H3,(H,47,50). The monoisotopic (exact) mass is 738 g/mol. The highest BCUT2D eigenvalue weighted by Crippen LogP contribution is 2.18. The predicted octanol–water partition coefficient (Wildman–Crippen LogP) is 13.2. The highest BCUT2D eigenvalue weighted by atomic mass is 16.5. The Labute approximate surface area is 324 Å². The molecule has 0 rings (SSSR count). The number of hydrogen-bond donors (Lipinski definition) is 3. The van der Waals surface area contributed by atoms with E-state index in [0.717, 1.165) is 44.9 Å². The number of amides is 1. The molecular weight excluding hydrogens is 647 g/mol. The summed E-state index contributed by atoms with van der Waals surface area (Å²) in [6.07, 6.45) is 41.6. The van der Waals surface area contributed by atoms with Gasteiger partial charge in [-0.25, -0.2) is 0 Å². The molecule has 6 nitrogen and oxygen atoms in total. The van der Waals surface area contributed by atoms with Gasteiger partial charge in [-0.3, -0.25) is 9.59 Å². The molecule has 0 heterocycles. The molecule has 0 aliphatic carbocycles. The second kappa shape index (κ2) is 41.0. The van der Waals surface area contributed by atoms with Crippen molar-refractivity contribution in [2.45, 2.75) is 277 Å². The first-order chi connectivity index (χ1) is 25.5. The van der Waals surface area contributed by atoms with Crippen molar-refractivity contribution in [3.63, 3.8) is 0 Å². The smallest absolute Gasteiger partial charge is 0.306 e. The zero-order valence-electron chi connectivity index (χ0n) is 35.2. The molecule has 52 heavy (non-hydrogen) atoms. The van der Waals surface area contributed by atoms with Crippen molar-refractivity contribution in [3.8, 4) is 0 Å². The first-order valence-electron chi connectivity index (χ1n) is 23.3. The quantitative estimate of drug-likeness (QED) is 0.0428. The average molecular weight is 738 g/mol. The van der Waals surface area contributed by atoms with Crippen molar-refractivity contribution < 1.29 is 24.5 Å². The van der Waals surface area contributed by atoms with E-state index in [1.54, 1.807) is 0 Å². The third-order valence-corrected chi connectivity index (χ3v) is 10.9. The molecule has 3 unspecified atom stereocenters. The zero-order chi connectivity index (χ0) is 38.2. The van der Waals surface area contributed by atoms with E-state index in [-0.39, 0.29) is 24.9 Å². The number of esters is 1. The van der Waals surface area contributed by atoms with E-state index in [1.165, 1.54) is 167 Å². The lowest BCUT2D eigenvalue weighted by molar-refractivity contribution is -0.151. The van der Waals surface area contributed by atoms with Crippen LogP contribution in [0.2, 0.25) is 0 Å². The second-order valence-corrected chi connectivity index (χ2v) is 16.2. The van der Waals surface area contributed by atoms with Gasteiger partial charge in [-0.15, -0.1) is 0 Å². The Bertz CT molecular complexity index is 746. The number of carbonyl (C=O) groups excluding carboxylic acids is 2. The first-order valence-corrected chi connectivity index (χ1v) is 23.3. The van der Waals surface area contributed by atoms with Gasteiger partial charge in [0.25, 0.3) is 0 Å². The van der Waals surface area contributed by atoms with Gasteiger partial charge >= 0.3 is 5.97 Å². The van der Waals surface area contributed by atoms with Crippen LogP contribution in [0.1, 0.15) is 258 Å². The van der Waals surface area contributed by atoms with E-state index in [2.05, 4.69) is 26.1 Å². The summed E-state index contributed by atoms with van der Waals surface area (Å²) in [5, 5.41) is 23.6. The van der Waals surface area contributed by atoms with Gasteiger partial charge in [0.2, 0.25) is 5.91 Å². The predicted molar refractivity (Wildman–Crippen MR) is 223 cm³/mol. The van der Waals surface area contributed by atoms with Crippen molar-refractivity contribution in [2.24, 2.45) is 0 Å². The van der Waals surface area contributed by atoms with Crippen molar-refractivity contribution in [1.82, 2.24) is 5.32 Å². The summed E-state index contributed by atoms with van der Waals surface area (Å²) in [4.78, 5) is 25.9. The number of rotatable bonds is 42. The van der Waals surface area contributed by atoms with Gasteiger partial charge < -0.3 is 20.3 Å². The van der Waals surface area contributed by atoms with Crippen molar-refractivity contribution >= 4 is 11.9 Å². The van der Waals surface area contributed by atoms with Crippen LogP contribution in [0.15, 0.2) is 0 Å². The number of hydrogen-bond acceptors (Lipinski definition) is 5. The van der Waals surface area contributed by atoms with Crippen LogP contribution in [0.25, 0.3) is 0 Å². The fraction of sp³-hybridized carbons (Fsp3) is 0.957. The van der Waals surface area contributed by atoms with Crippen molar-refractivity contribution in [3.05, 3.63) is 0 Å². The van der Waals surface area contributed by atoms with Crippen LogP contribution in [0.4, 0.5) is 0 Å². The lowest BCUT2D eigenvalue weighted by Gasteiger charge is -2.24. The Morgan fingerprint density at radius 1 is 0.481 bits per heavy atom. The van der Waals surface area contributed by atoms with E-state index in [0.29, 0.717) is 19.3 Å². The normalized spacial score (nSPS) is 13.2. The van der Waals surface area contributed by atoms with Gasteiger partial charge in [0.05, 0.1) is 25.2 Å². The molecule has 0 spiro atoms. The third kappa shape index (κ3) is 35.9. The molecule has 0 radical (unpaired) electrons. The van der Waals surface area contributed by atoms with Gasteiger partial charge in [-0.2, -0.15) is 0 Å². The van der Waals surface area contributed by atoms with Crippen molar-refractivity contribution in [1.29, 1.82) is 0 Å². The molecule has 0 bridgehead atoms. The molecule has 0 aromatic rings. The Kier molecular flexibility index (Phi) is 40.1. The number of nitrogens with one attached hydrogen (secondary N) is 1. The maximum atomic E-state index is 13.1. The van der Waals surface area contributed by atoms with Crippen LogP contribution in [-0.4, -0.2) is 46.9 Å². The molecular formula is C46H91NO5. The van der Waals surface area contributed by atoms with Gasteiger partial charge in [0.15, 0.2) is 0 Å². The minimum Gasteiger partial charge on any atom is -0.462 e. The van der Waals surface area contributed by atoms with E-state index in [1.807, 2.05) is 0 Å². The fourth-order valence-corrected chi connectivity index (χ4v) is 7.37. The highest BCUT2D eigenvalue weighted by molar-refractivity contribution is 5.77. The zero-order valence-corrected chi connectivity index (χ0v) is 35.2. The Balaban J connectivity index is 4.51. The fourth-order valence-electron chi connectivity index (χ4n) is 7.37. The molecule has 0 aromatic heterocycles. The first kappa shape index (κ1) is 50.9.